The van der Waals surface area contributed by atoms with E-state index < -0.39 is 18.0 Å². The number of benzene rings is 1. The minimum Gasteiger partial charge on any atom is -0.504 e. The lowest BCUT2D eigenvalue weighted by Crippen LogP contribution is -2.26. The molecule has 25 heavy (non-hydrogen) atoms. The third kappa shape index (κ3) is 3.32. The molecule has 3 rings (SSSR count). The van der Waals surface area contributed by atoms with Crippen molar-refractivity contribution in [1.82, 2.24) is 0 Å². The van der Waals surface area contributed by atoms with Crippen molar-refractivity contribution in [1.29, 1.82) is 0 Å². The Kier molecular flexibility index (Phi) is 4.18. The monoisotopic (exact) mass is 344 g/mol. The number of hydrogen-bond donors (Lipinski definition) is 4. The van der Waals surface area contributed by atoms with Crippen molar-refractivity contribution < 1.29 is 30.0 Å². The van der Waals surface area contributed by atoms with Crippen molar-refractivity contribution in [3.63, 3.8) is 0 Å². The van der Waals surface area contributed by atoms with E-state index in [1.807, 2.05) is 4.90 Å². The highest BCUT2D eigenvalue weighted by atomic mass is 16.4. The first-order valence-corrected chi connectivity index (χ1v) is 7.59. The normalized spacial score (nSPS) is 19.5. The number of hydrogen-bond acceptors (Lipinski definition) is 6. The van der Waals surface area contributed by atoms with E-state index in [1.54, 1.807) is 12.3 Å². The van der Waals surface area contributed by atoms with Gasteiger partial charge in [0, 0.05) is 30.9 Å². The van der Waals surface area contributed by atoms with Crippen LogP contribution in [-0.2, 0) is 16.0 Å². The van der Waals surface area contributed by atoms with Gasteiger partial charge in [0.2, 0.25) is 0 Å². The first kappa shape index (κ1) is 16.6. The molecule has 2 aliphatic rings. The van der Waals surface area contributed by atoms with Gasteiger partial charge < -0.3 is 25.3 Å². The van der Waals surface area contributed by atoms with Crippen LogP contribution in [0.25, 0.3) is 0 Å². The maximum Gasteiger partial charge on any atom is 0.354 e. The number of aromatic hydroxyl groups is 2. The quantitative estimate of drug-likeness (QED) is 0.605. The molecule has 130 valence electrons. The van der Waals surface area contributed by atoms with E-state index in [0.717, 1.165) is 11.3 Å². The fraction of sp³-hybridized carbons (Fsp3) is 0.235. The highest BCUT2D eigenvalue weighted by molar-refractivity contribution is 6.41. The predicted molar refractivity (Wildman–Crippen MR) is 89.2 cm³/mol. The predicted octanol–water partition coefficient (Wildman–Crippen LogP) is 1.28. The Morgan fingerprint density at radius 2 is 1.92 bits per heavy atom. The Bertz CT molecular complexity index is 840. The maximum absolute atomic E-state index is 11.1. The molecular weight excluding hydrogens is 328 g/mol. The minimum absolute atomic E-state index is 0.101. The van der Waals surface area contributed by atoms with Crippen LogP contribution < -0.4 is 4.90 Å². The third-order valence-corrected chi connectivity index (χ3v) is 4.13. The Hall–Kier alpha value is -3.29. The van der Waals surface area contributed by atoms with Crippen molar-refractivity contribution in [2.45, 2.75) is 18.9 Å². The van der Waals surface area contributed by atoms with Crippen LogP contribution in [0.4, 0.5) is 5.69 Å². The molecule has 1 aromatic rings. The number of allylic oxidation sites excluding steroid dienone is 1. The van der Waals surface area contributed by atoms with Crippen molar-refractivity contribution in [2.24, 2.45) is 4.99 Å². The zero-order chi connectivity index (χ0) is 18.1. The van der Waals surface area contributed by atoms with Gasteiger partial charge in [-0.1, -0.05) is 0 Å². The average molecular weight is 344 g/mol. The minimum atomic E-state index is -1.27. The maximum atomic E-state index is 11.1. The molecule has 4 N–H and O–H groups in total. The molecule has 0 aliphatic carbocycles. The van der Waals surface area contributed by atoms with Gasteiger partial charge in [-0.25, -0.2) is 9.59 Å². The van der Waals surface area contributed by atoms with Gasteiger partial charge in [-0.05, 0) is 35.8 Å². The summed E-state index contributed by atoms with van der Waals surface area (Å²) in [5, 5.41) is 37.4. The number of rotatable bonds is 4. The second-order valence-electron chi connectivity index (χ2n) is 5.83. The van der Waals surface area contributed by atoms with Crippen LogP contribution in [0.2, 0.25) is 0 Å². The number of carboxylic acids is 2. The molecule has 8 heteroatoms. The summed E-state index contributed by atoms with van der Waals surface area (Å²) >= 11 is 0. The van der Waals surface area contributed by atoms with Gasteiger partial charge in [0.1, 0.15) is 5.71 Å². The molecule has 0 spiro atoms. The number of carboxylic acid groups (broad SMARTS) is 2. The number of carbonyl (C=O) groups is 2. The molecule has 0 saturated carbocycles. The molecule has 0 amide bonds. The molecule has 8 nitrogen and oxygen atoms in total. The molecule has 0 radical (unpaired) electrons. The zero-order valence-corrected chi connectivity index (χ0v) is 13.1. The van der Waals surface area contributed by atoms with Crippen molar-refractivity contribution >= 4 is 23.3 Å². The molecule has 1 atom stereocenters. The fourth-order valence-corrected chi connectivity index (χ4v) is 2.86. The van der Waals surface area contributed by atoms with Gasteiger partial charge in [0.15, 0.2) is 17.5 Å². The summed E-state index contributed by atoms with van der Waals surface area (Å²) in [7, 11) is 0. The van der Waals surface area contributed by atoms with E-state index in [2.05, 4.69) is 4.99 Å². The summed E-state index contributed by atoms with van der Waals surface area (Å²) in [6.07, 6.45) is 5.49. The summed E-state index contributed by atoms with van der Waals surface area (Å²) in [5.41, 5.74) is 1.87. The summed E-state index contributed by atoms with van der Waals surface area (Å²) in [6, 6.07) is 1.85. The molecular formula is C17H16N2O6. The van der Waals surface area contributed by atoms with Crippen molar-refractivity contribution in [3.05, 3.63) is 41.6 Å². The Morgan fingerprint density at radius 1 is 1.20 bits per heavy atom. The summed E-state index contributed by atoms with van der Waals surface area (Å²) in [6.45, 7) is 0.629. The number of fused-ring (bicyclic) bond motifs is 1. The lowest BCUT2D eigenvalue weighted by Gasteiger charge is -2.17. The first-order valence-electron chi connectivity index (χ1n) is 7.59. The molecule has 0 unspecified atom stereocenters. The van der Waals surface area contributed by atoms with Crippen molar-refractivity contribution in [3.8, 4) is 11.5 Å². The highest BCUT2D eigenvalue weighted by Crippen LogP contribution is 2.37. The summed E-state index contributed by atoms with van der Waals surface area (Å²) in [4.78, 5) is 27.8. The van der Waals surface area contributed by atoms with Gasteiger partial charge in [0.05, 0.1) is 0 Å². The Labute approximate surface area is 142 Å². The van der Waals surface area contributed by atoms with E-state index in [4.69, 9.17) is 10.2 Å². The van der Waals surface area contributed by atoms with E-state index in [-0.39, 0.29) is 23.6 Å². The number of dihydropyridines is 1. The number of aliphatic carboxylic acids is 2. The topological polar surface area (TPSA) is 131 Å². The van der Waals surface area contributed by atoms with Crippen molar-refractivity contribution in [2.75, 3.05) is 11.4 Å². The van der Waals surface area contributed by atoms with Crippen LogP contribution in [0.3, 0.4) is 0 Å². The fourth-order valence-electron chi connectivity index (χ4n) is 2.86. The van der Waals surface area contributed by atoms with E-state index in [0.29, 0.717) is 18.5 Å². The number of aliphatic imine (C=N–C) groups is 1. The molecule has 0 saturated heterocycles. The van der Waals surface area contributed by atoms with E-state index in [9.17, 15) is 19.8 Å². The molecule has 2 aliphatic heterocycles. The Morgan fingerprint density at radius 3 is 2.60 bits per heavy atom. The summed E-state index contributed by atoms with van der Waals surface area (Å²) in [5.74, 6) is -2.85. The van der Waals surface area contributed by atoms with Crippen LogP contribution in [-0.4, -0.2) is 50.7 Å². The largest absolute Gasteiger partial charge is 0.504 e. The molecule has 0 aromatic heterocycles. The second kappa shape index (κ2) is 6.31. The number of phenolic OH excluding ortho intramolecular Hbond substituents is 2. The van der Waals surface area contributed by atoms with Gasteiger partial charge in [-0.2, -0.15) is 0 Å². The van der Waals surface area contributed by atoms with Crippen LogP contribution in [0.1, 0.15) is 12.0 Å². The summed E-state index contributed by atoms with van der Waals surface area (Å²) < 4.78 is 0. The van der Waals surface area contributed by atoms with Gasteiger partial charge in [0.25, 0.3) is 0 Å². The van der Waals surface area contributed by atoms with Gasteiger partial charge in [-0.15, -0.1) is 0 Å². The Balaban J connectivity index is 1.84. The number of phenols is 2. The van der Waals surface area contributed by atoms with Crippen LogP contribution in [0.5, 0.6) is 11.5 Å². The molecule has 1 aromatic carbocycles. The van der Waals surface area contributed by atoms with E-state index >= 15 is 0 Å². The van der Waals surface area contributed by atoms with Gasteiger partial charge >= 0.3 is 11.9 Å². The molecule has 0 bridgehead atoms. The van der Waals surface area contributed by atoms with Gasteiger partial charge in [-0.3, -0.25) is 4.99 Å². The standard InChI is InChI=1S/C17H16N2O6/c20-14-7-10-2-4-19(13(10)8-15(14)21)3-1-9-5-11(16(22)23)18-12(6-9)17(24)25/h1,3,5,7-8,12,20-21H,2,4,6H2,(H,22,23)(H,24,25)/b3-1+/t12-/m0/s1. The second-order valence-corrected chi connectivity index (χ2v) is 5.83. The first-order chi connectivity index (χ1) is 11.8. The smallest absolute Gasteiger partial charge is 0.354 e. The van der Waals surface area contributed by atoms with Crippen LogP contribution >= 0.6 is 0 Å². The lowest BCUT2D eigenvalue weighted by atomic mass is 10.0. The lowest BCUT2D eigenvalue weighted by molar-refractivity contribution is -0.138. The zero-order valence-electron chi connectivity index (χ0n) is 13.1. The molecule has 2 heterocycles. The van der Waals surface area contributed by atoms with E-state index in [1.165, 1.54) is 18.2 Å². The van der Waals surface area contributed by atoms with Crippen LogP contribution in [0, 0.1) is 0 Å². The number of anilines is 1. The highest BCUT2D eigenvalue weighted by Gasteiger charge is 2.25. The SMILES string of the molecule is O=C(O)C1=N[C@H](C(=O)O)CC(/C=C/N2CCc3cc(O)c(O)cc32)=C1. The van der Waals surface area contributed by atoms with Crippen LogP contribution in [0.15, 0.2) is 41.1 Å². The third-order valence-electron chi connectivity index (χ3n) is 4.13. The average Bonchev–Trinajstić information content (AvgIpc) is 2.95. The molecule has 0 fully saturated rings. The number of nitrogens with zero attached hydrogens (tertiary/aromatic N) is 2.